The lowest BCUT2D eigenvalue weighted by Crippen LogP contribution is -2.38. The van der Waals surface area contributed by atoms with E-state index in [0.29, 0.717) is 22.9 Å². The predicted molar refractivity (Wildman–Crippen MR) is 149 cm³/mol. The van der Waals surface area contributed by atoms with E-state index in [-0.39, 0.29) is 27.6 Å². The molecule has 4 rings (SSSR count). The highest BCUT2D eigenvalue weighted by Gasteiger charge is 2.29. The van der Waals surface area contributed by atoms with Crippen molar-refractivity contribution in [3.05, 3.63) is 119 Å². The summed E-state index contributed by atoms with van der Waals surface area (Å²) in [5.74, 6) is -0.673. The van der Waals surface area contributed by atoms with Crippen molar-refractivity contribution in [1.82, 2.24) is 0 Å². The van der Waals surface area contributed by atoms with E-state index in [9.17, 15) is 18.0 Å². The minimum absolute atomic E-state index is 0.0190. The molecule has 0 unspecified atom stereocenters. The van der Waals surface area contributed by atoms with Crippen LogP contribution in [0.5, 0.6) is 5.75 Å². The van der Waals surface area contributed by atoms with Gasteiger partial charge in [-0.2, -0.15) is 0 Å². The Hall–Kier alpha value is -4.14. The van der Waals surface area contributed by atoms with E-state index in [1.807, 2.05) is 0 Å². The van der Waals surface area contributed by atoms with Crippen molar-refractivity contribution in [3.8, 4) is 5.75 Å². The quantitative estimate of drug-likeness (QED) is 0.253. The number of ether oxygens (including phenoxy) is 1. The van der Waals surface area contributed by atoms with Gasteiger partial charge in [-0.25, -0.2) is 8.42 Å². The molecule has 0 saturated carbocycles. The third-order valence-corrected chi connectivity index (χ3v) is 7.60. The molecule has 194 valence electrons. The first kappa shape index (κ1) is 26.9. The van der Waals surface area contributed by atoms with Gasteiger partial charge in [0.1, 0.15) is 12.3 Å². The summed E-state index contributed by atoms with van der Waals surface area (Å²) < 4.78 is 34.1. The molecule has 0 bridgehead atoms. The number of halogens is 1. The van der Waals surface area contributed by atoms with Crippen LogP contribution in [0.15, 0.2) is 108 Å². The Balaban J connectivity index is 1.70. The van der Waals surface area contributed by atoms with Gasteiger partial charge in [-0.05, 0) is 49.4 Å². The van der Waals surface area contributed by atoms with E-state index in [0.717, 1.165) is 4.31 Å². The molecule has 0 spiro atoms. The summed E-state index contributed by atoms with van der Waals surface area (Å²) in [5, 5.41) is 3.02. The van der Waals surface area contributed by atoms with Crippen LogP contribution < -0.4 is 14.4 Å². The number of benzene rings is 4. The summed E-state index contributed by atoms with van der Waals surface area (Å²) in [6.45, 7) is 1.52. The highest BCUT2D eigenvalue weighted by Crippen LogP contribution is 2.33. The molecular formula is C29H25ClN2O5S. The maximum atomic E-state index is 13.7. The van der Waals surface area contributed by atoms with E-state index in [4.69, 9.17) is 16.3 Å². The first-order chi connectivity index (χ1) is 18.3. The summed E-state index contributed by atoms with van der Waals surface area (Å²) in [5.41, 5.74) is 1.03. The molecule has 4 aromatic rings. The molecule has 0 aliphatic heterocycles. The Kier molecular flexibility index (Phi) is 8.45. The van der Waals surface area contributed by atoms with Crippen LogP contribution in [0.2, 0.25) is 5.02 Å². The number of carbonyl (C=O) groups is 2. The molecule has 0 fully saturated rings. The molecule has 0 heterocycles. The van der Waals surface area contributed by atoms with Gasteiger partial charge in [0.2, 0.25) is 5.91 Å². The van der Waals surface area contributed by atoms with Gasteiger partial charge in [0.05, 0.1) is 22.9 Å². The number of sulfonamides is 1. The van der Waals surface area contributed by atoms with Crippen LogP contribution in [-0.4, -0.2) is 33.3 Å². The van der Waals surface area contributed by atoms with Crippen LogP contribution in [0.1, 0.15) is 22.8 Å². The fourth-order valence-electron chi connectivity index (χ4n) is 3.84. The Labute approximate surface area is 226 Å². The van der Waals surface area contributed by atoms with Crippen LogP contribution in [0, 0.1) is 0 Å². The lowest BCUT2D eigenvalue weighted by atomic mass is 10.0. The minimum atomic E-state index is -4.15. The highest BCUT2D eigenvalue weighted by molar-refractivity contribution is 7.92. The fourth-order valence-corrected chi connectivity index (χ4v) is 5.46. The van der Waals surface area contributed by atoms with Crippen LogP contribution in [0.4, 0.5) is 11.4 Å². The summed E-state index contributed by atoms with van der Waals surface area (Å²) in [6, 6.07) is 27.5. The van der Waals surface area contributed by atoms with E-state index in [1.165, 1.54) is 24.3 Å². The number of nitrogens with one attached hydrogen (secondary N) is 1. The maximum Gasteiger partial charge on any atom is 0.264 e. The van der Waals surface area contributed by atoms with Gasteiger partial charge in [0, 0.05) is 16.1 Å². The van der Waals surface area contributed by atoms with Crippen molar-refractivity contribution in [2.24, 2.45) is 0 Å². The standard InChI is InChI=1S/C29H25ClN2O5S/c1-2-37-27-16-10-9-15-26(27)32(38(35,36)23-13-7-4-8-14-23)20-28(33)31-25-18-17-22(30)19-24(25)29(34)21-11-5-3-6-12-21/h3-19H,2,20H2,1H3,(H,31,33). The molecular weight excluding hydrogens is 524 g/mol. The zero-order valence-corrected chi connectivity index (χ0v) is 22.1. The second-order valence-electron chi connectivity index (χ2n) is 8.16. The Bertz CT molecular complexity index is 1540. The summed E-state index contributed by atoms with van der Waals surface area (Å²) in [7, 11) is -4.15. The molecule has 0 atom stereocenters. The van der Waals surface area contributed by atoms with E-state index < -0.39 is 22.5 Å². The van der Waals surface area contributed by atoms with Crippen LogP contribution in [0.25, 0.3) is 0 Å². The molecule has 1 N–H and O–H groups in total. The van der Waals surface area contributed by atoms with Gasteiger partial charge >= 0.3 is 0 Å². The summed E-state index contributed by atoms with van der Waals surface area (Å²) in [6.07, 6.45) is 0. The average Bonchev–Trinajstić information content (AvgIpc) is 2.94. The SMILES string of the molecule is CCOc1ccccc1N(CC(=O)Nc1ccc(Cl)cc1C(=O)c1ccccc1)S(=O)(=O)c1ccccc1. The number of carbonyl (C=O) groups excluding carboxylic acids is 2. The third-order valence-electron chi connectivity index (χ3n) is 5.59. The number of hydrogen-bond donors (Lipinski definition) is 1. The second kappa shape index (κ2) is 11.9. The van der Waals surface area contributed by atoms with Crippen molar-refractivity contribution in [2.75, 3.05) is 22.8 Å². The fraction of sp³-hybridized carbons (Fsp3) is 0.103. The number of ketones is 1. The highest BCUT2D eigenvalue weighted by atomic mass is 35.5. The van der Waals surface area contributed by atoms with Crippen molar-refractivity contribution in [2.45, 2.75) is 11.8 Å². The van der Waals surface area contributed by atoms with E-state index in [2.05, 4.69) is 5.32 Å². The van der Waals surface area contributed by atoms with Gasteiger partial charge in [-0.1, -0.05) is 72.3 Å². The number of anilines is 2. The van der Waals surface area contributed by atoms with Gasteiger partial charge in [0.15, 0.2) is 5.78 Å². The molecule has 4 aromatic carbocycles. The van der Waals surface area contributed by atoms with Crippen molar-refractivity contribution < 1.29 is 22.7 Å². The lowest BCUT2D eigenvalue weighted by molar-refractivity contribution is -0.114. The molecule has 0 aliphatic rings. The van der Waals surface area contributed by atoms with E-state index in [1.54, 1.807) is 85.8 Å². The first-order valence-corrected chi connectivity index (χ1v) is 13.6. The van der Waals surface area contributed by atoms with Crippen LogP contribution >= 0.6 is 11.6 Å². The average molecular weight is 549 g/mol. The van der Waals surface area contributed by atoms with Crippen molar-refractivity contribution in [3.63, 3.8) is 0 Å². The third kappa shape index (κ3) is 6.04. The molecule has 0 aromatic heterocycles. The molecule has 9 heteroatoms. The summed E-state index contributed by atoms with van der Waals surface area (Å²) in [4.78, 5) is 26.5. The number of rotatable bonds is 10. The molecule has 7 nitrogen and oxygen atoms in total. The van der Waals surface area contributed by atoms with E-state index >= 15 is 0 Å². The molecule has 1 amide bonds. The molecule has 38 heavy (non-hydrogen) atoms. The Morgan fingerprint density at radius 2 is 1.50 bits per heavy atom. The lowest BCUT2D eigenvalue weighted by Gasteiger charge is -2.26. The van der Waals surface area contributed by atoms with Crippen molar-refractivity contribution >= 4 is 44.7 Å². The first-order valence-electron chi connectivity index (χ1n) is 11.8. The van der Waals surface area contributed by atoms with Crippen molar-refractivity contribution in [1.29, 1.82) is 0 Å². The van der Waals surface area contributed by atoms with Crippen LogP contribution in [0.3, 0.4) is 0 Å². The zero-order valence-electron chi connectivity index (χ0n) is 20.5. The Morgan fingerprint density at radius 3 is 2.18 bits per heavy atom. The van der Waals surface area contributed by atoms with Gasteiger partial charge in [-0.3, -0.25) is 13.9 Å². The van der Waals surface area contributed by atoms with Gasteiger partial charge in [-0.15, -0.1) is 0 Å². The Morgan fingerprint density at radius 1 is 0.868 bits per heavy atom. The predicted octanol–water partition coefficient (Wildman–Crippen LogP) is 5.80. The number of amides is 1. The smallest absolute Gasteiger partial charge is 0.264 e. The molecule has 0 aliphatic carbocycles. The number of nitrogens with zero attached hydrogens (tertiary/aromatic N) is 1. The molecule has 0 saturated heterocycles. The molecule has 0 radical (unpaired) electrons. The topological polar surface area (TPSA) is 92.8 Å². The van der Waals surface area contributed by atoms with Gasteiger partial charge < -0.3 is 10.1 Å². The van der Waals surface area contributed by atoms with Gasteiger partial charge in [0.25, 0.3) is 10.0 Å². The number of hydrogen-bond acceptors (Lipinski definition) is 5. The normalized spacial score (nSPS) is 11.0. The summed E-state index contributed by atoms with van der Waals surface area (Å²) >= 11 is 6.16. The van der Waals surface area contributed by atoms with Crippen LogP contribution in [-0.2, 0) is 14.8 Å². The minimum Gasteiger partial charge on any atom is -0.492 e. The largest absolute Gasteiger partial charge is 0.492 e. The number of para-hydroxylation sites is 2. The monoisotopic (exact) mass is 548 g/mol. The maximum absolute atomic E-state index is 13.7. The zero-order chi connectivity index (χ0) is 27.1. The second-order valence-corrected chi connectivity index (χ2v) is 10.5.